The van der Waals surface area contributed by atoms with Gasteiger partial charge in [0.2, 0.25) is 5.12 Å². The molecule has 0 heterocycles. The van der Waals surface area contributed by atoms with Crippen LogP contribution in [-0.4, -0.2) is 5.12 Å². The molecule has 0 aromatic heterocycles. The van der Waals surface area contributed by atoms with Gasteiger partial charge in [-0.25, -0.2) is 0 Å². The van der Waals surface area contributed by atoms with E-state index >= 15 is 0 Å². The molecule has 16 heavy (non-hydrogen) atoms. The van der Waals surface area contributed by atoms with Crippen molar-refractivity contribution < 1.29 is 4.79 Å². The molecule has 1 rings (SSSR count). The van der Waals surface area contributed by atoms with Gasteiger partial charge in [-0.3, -0.25) is 4.79 Å². The molecule has 2 heteroatoms. The highest BCUT2D eigenvalue weighted by atomic mass is 32.1. The number of thiol groups is 1. The second-order valence-corrected chi connectivity index (χ2v) is 4.79. The zero-order valence-electron chi connectivity index (χ0n) is 9.81. The van der Waals surface area contributed by atoms with E-state index in [0.29, 0.717) is 0 Å². The van der Waals surface area contributed by atoms with Crippen LogP contribution in [0.25, 0.3) is 6.08 Å². The van der Waals surface area contributed by atoms with Crippen LogP contribution in [0.1, 0.15) is 31.4 Å². The molecule has 0 aliphatic rings. The summed E-state index contributed by atoms with van der Waals surface area (Å²) < 4.78 is 0. The first-order valence-electron chi connectivity index (χ1n) is 5.58. The molecule has 1 aromatic carbocycles. The second-order valence-electron chi connectivity index (χ2n) is 4.35. The summed E-state index contributed by atoms with van der Waals surface area (Å²) in [6.45, 7) is 4.46. The van der Waals surface area contributed by atoms with Gasteiger partial charge in [-0.2, -0.15) is 0 Å². The molecule has 0 radical (unpaired) electrons. The third-order valence-electron chi connectivity index (χ3n) is 2.41. The summed E-state index contributed by atoms with van der Waals surface area (Å²) in [6, 6.07) is 8.29. The van der Waals surface area contributed by atoms with Crippen molar-refractivity contribution in [3.8, 4) is 0 Å². The first kappa shape index (κ1) is 13.0. The lowest BCUT2D eigenvalue weighted by molar-refractivity contribution is -0.106. The molecule has 0 unspecified atom stereocenters. The minimum Gasteiger partial charge on any atom is -0.283 e. The number of hydrogen-bond acceptors (Lipinski definition) is 1. The average molecular weight is 234 g/mol. The Hall–Kier alpha value is -1.02. The summed E-state index contributed by atoms with van der Waals surface area (Å²) in [5.41, 5.74) is 2.39. The lowest BCUT2D eigenvalue weighted by Gasteiger charge is -2.04. The van der Waals surface area contributed by atoms with E-state index in [9.17, 15) is 4.79 Å². The van der Waals surface area contributed by atoms with Crippen LogP contribution in [0.2, 0.25) is 0 Å². The van der Waals surface area contributed by atoms with E-state index < -0.39 is 0 Å². The molecular weight excluding hydrogens is 216 g/mol. The molecule has 0 fully saturated rings. The van der Waals surface area contributed by atoms with Crippen LogP contribution < -0.4 is 0 Å². The standard InChI is InChI=1S/C14H18OS/c1-11(2)3-4-12-5-7-13(8-6-12)9-10-14(15)16/h5-11H,3-4H2,1-2H3,(H,15,16)/b10-9+. The maximum Gasteiger partial charge on any atom is 0.209 e. The molecule has 0 spiro atoms. The minimum absolute atomic E-state index is 0.219. The number of rotatable bonds is 5. The van der Waals surface area contributed by atoms with Crippen LogP contribution in [0.4, 0.5) is 0 Å². The van der Waals surface area contributed by atoms with Crippen LogP contribution >= 0.6 is 12.6 Å². The number of aryl methyl sites for hydroxylation is 1. The highest BCUT2D eigenvalue weighted by Gasteiger charge is 1.96. The molecular formula is C14H18OS. The lowest BCUT2D eigenvalue weighted by atomic mass is 10.0. The Balaban J connectivity index is 2.57. The molecule has 0 bridgehead atoms. The van der Waals surface area contributed by atoms with E-state index in [0.717, 1.165) is 17.9 Å². The largest absolute Gasteiger partial charge is 0.283 e. The number of benzene rings is 1. The Morgan fingerprint density at radius 2 is 1.94 bits per heavy atom. The predicted molar refractivity (Wildman–Crippen MR) is 72.6 cm³/mol. The van der Waals surface area contributed by atoms with Gasteiger partial charge in [0.05, 0.1) is 0 Å². The Bertz CT molecular complexity index is 363. The van der Waals surface area contributed by atoms with Crippen molar-refractivity contribution in [2.45, 2.75) is 26.7 Å². The fourth-order valence-corrected chi connectivity index (χ4v) is 1.49. The summed E-state index contributed by atoms with van der Waals surface area (Å²) in [4.78, 5) is 10.6. The van der Waals surface area contributed by atoms with E-state index in [2.05, 4.69) is 38.6 Å². The molecule has 0 aliphatic heterocycles. The predicted octanol–water partition coefficient (Wildman–Crippen LogP) is 3.74. The summed E-state index contributed by atoms with van der Waals surface area (Å²) in [5, 5.41) is -0.219. The molecule has 0 amide bonds. The quantitative estimate of drug-likeness (QED) is 0.606. The Morgan fingerprint density at radius 3 is 2.44 bits per heavy atom. The normalized spacial score (nSPS) is 11.2. The van der Waals surface area contributed by atoms with Gasteiger partial charge >= 0.3 is 0 Å². The highest BCUT2D eigenvalue weighted by molar-refractivity contribution is 7.97. The summed E-state index contributed by atoms with van der Waals surface area (Å²) in [5.74, 6) is 0.737. The molecule has 86 valence electrons. The van der Waals surface area contributed by atoms with Crippen LogP contribution in [0, 0.1) is 5.92 Å². The van der Waals surface area contributed by atoms with E-state index in [-0.39, 0.29) is 5.12 Å². The van der Waals surface area contributed by atoms with Gasteiger partial charge in [-0.1, -0.05) is 44.2 Å². The van der Waals surface area contributed by atoms with Crippen LogP contribution in [0.5, 0.6) is 0 Å². The fraction of sp³-hybridized carbons (Fsp3) is 0.357. The summed E-state index contributed by atoms with van der Waals surface area (Å²) in [6.07, 6.45) is 5.57. The Morgan fingerprint density at radius 1 is 1.31 bits per heavy atom. The molecule has 1 aromatic rings. The Labute approximate surface area is 103 Å². The number of carbonyl (C=O) groups excluding carboxylic acids is 1. The first-order valence-corrected chi connectivity index (χ1v) is 6.02. The van der Waals surface area contributed by atoms with Gasteiger partial charge in [-0.15, -0.1) is 12.6 Å². The third kappa shape index (κ3) is 5.17. The lowest BCUT2D eigenvalue weighted by Crippen LogP contribution is -1.91. The van der Waals surface area contributed by atoms with Gasteiger partial charge in [0.15, 0.2) is 0 Å². The van der Waals surface area contributed by atoms with Crippen molar-refractivity contribution in [2.75, 3.05) is 0 Å². The van der Waals surface area contributed by atoms with Crippen LogP contribution in [0.3, 0.4) is 0 Å². The SMILES string of the molecule is CC(C)CCc1ccc(/C=C/C(=O)S)cc1. The van der Waals surface area contributed by atoms with Gasteiger partial charge < -0.3 is 0 Å². The highest BCUT2D eigenvalue weighted by Crippen LogP contribution is 2.11. The second kappa shape index (κ2) is 6.54. The smallest absolute Gasteiger partial charge is 0.209 e. The van der Waals surface area contributed by atoms with Crippen molar-refractivity contribution in [2.24, 2.45) is 5.92 Å². The average Bonchev–Trinajstić information content (AvgIpc) is 2.25. The molecule has 0 saturated heterocycles. The minimum atomic E-state index is -0.219. The van der Waals surface area contributed by atoms with E-state index in [1.807, 2.05) is 12.1 Å². The van der Waals surface area contributed by atoms with Crippen molar-refractivity contribution in [1.82, 2.24) is 0 Å². The maximum atomic E-state index is 10.6. The van der Waals surface area contributed by atoms with E-state index in [1.165, 1.54) is 18.1 Å². The number of carbonyl (C=O) groups is 1. The zero-order chi connectivity index (χ0) is 12.0. The van der Waals surface area contributed by atoms with Gasteiger partial charge in [0.25, 0.3) is 0 Å². The van der Waals surface area contributed by atoms with Crippen molar-refractivity contribution >= 4 is 23.8 Å². The van der Waals surface area contributed by atoms with Gasteiger partial charge in [0.1, 0.15) is 0 Å². The molecule has 0 saturated carbocycles. The molecule has 1 nitrogen and oxygen atoms in total. The van der Waals surface area contributed by atoms with Crippen molar-refractivity contribution in [3.63, 3.8) is 0 Å². The van der Waals surface area contributed by atoms with E-state index in [4.69, 9.17) is 0 Å². The summed E-state index contributed by atoms with van der Waals surface area (Å²) in [7, 11) is 0. The van der Waals surface area contributed by atoms with E-state index in [1.54, 1.807) is 6.08 Å². The third-order valence-corrected chi connectivity index (χ3v) is 2.56. The molecule has 0 aliphatic carbocycles. The molecule has 0 atom stereocenters. The van der Waals surface area contributed by atoms with Crippen LogP contribution in [-0.2, 0) is 11.2 Å². The van der Waals surface area contributed by atoms with Gasteiger partial charge in [0, 0.05) is 0 Å². The van der Waals surface area contributed by atoms with Crippen molar-refractivity contribution in [1.29, 1.82) is 0 Å². The van der Waals surface area contributed by atoms with Crippen molar-refractivity contribution in [3.05, 3.63) is 41.5 Å². The number of hydrogen-bond donors (Lipinski definition) is 1. The maximum absolute atomic E-state index is 10.6. The topological polar surface area (TPSA) is 17.1 Å². The molecule has 0 N–H and O–H groups in total. The van der Waals surface area contributed by atoms with Crippen LogP contribution in [0.15, 0.2) is 30.3 Å². The Kier molecular flexibility index (Phi) is 5.33. The zero-order valence-corrected chi connectivity index (χ0v) is 10.7. The first-order chi connectivity index (χ1) is 7.58. The van der Waals surface area contributed by atoms with Gasteiger partial charge in [-0.05, 0) is 36.0 Å². The fourth-order valence-electron chi connectivity index (χ4n) is 1.42. The monoisotopic (exact) mass is 234 g/mol. The summed E-state index contributed by atoms with van der Waals surface area (Å²) >= 11 is 3.68.